The summed E-state index contributed by atoms with van der Waals surface area (Å²) in [4.78, 5) is 4.68. The molecule has 0 amide bonds. The quantitative estimate of drug-likeness (QED) is 0.190. The summed E-state index contributed by atoms with van der Waals surface area (Å²) in [6.45, 7) is 7.77. The average molecular weight is 502 g/mol. The van der Waals surface area contributed by atoms with Crippen LogP contribution in [0.3, 0.4) is 0 Å². The Hall–Kier alpha value is -1.32. The summed E-state index contributed by atoms with van der Waals surface area (Å²) >= 11 is 0. The summed E-state index contributed by atoms with van der Waals surface area (Å²) < 4.78 is 12.7. The number of aromatic nitrogens is 1. The van der Waals surface area contributed by atoms with E-state index in [1.807, 2.05) is 0 Å². The fraction of sp³-hybridized carbons (Fsp3) is 0.571. The minimum Gasteiger partial charge on any atom is -0.382 e. The molecule has 0 saturated heterocycles. The molecule has 1 heterocycles. The van der Waals surface area contributed by atoms with Crippen molar-refractivity contribution in [3.05, 3.63) is 36.5 Å². The van der Waals surface area contributed by atoms with Crippen molar-refractivity contribution < 1.29 is 9.47 Å². The summed E-state index contributed by atoms with van der Waals surface area (Å²) in [6.07, 6.45) is 5.28. The lowest BCUT2D eigenvalue weighted by Gasteiger charge is -2.11. The highest BCUT2D eigenvalue weighted by molar-refractivity contribution is 14.0. The number of nitrogens with zero attached hydrogens (tertiary/aromatic N) is 2. The van der Waals surface area contributed by atoms with Crippen molar-refractivity contribution in [2.45, 2.75) is 32.7 Å². The van der Waals surface area contributed by atoms with Crippen LogP contribution in [0.1, 0.15) is 26.2 Å². The smallest absolute Gasteiger partial charge is 0.191 e. The van der Waals surface area contributed by atoms with Gasteiger partial charge in [0.05, 0.1) is 13.2 Å². The summed E-state index contributed by atoms with van der Waals surface area (Å²) in [5.41, 5.74) is 1.29. The van der Waals surface area contributed by atoms with E-state index in [9.17, 15) is 0 Å². The largest absolute Gasteiger partial charge is 0.382 e. The van der Waals surface area contributed by atoms with Crippen LogP contribution >= 0.6 is 24.0 Å². The topological polar surface area (TPSA) is 59.8 Å². The molecule has 0 radical (unpaired) electrons. The van der Waals surface area contributed by atoms with Gasteiger partial charge in [0.1, 0.15) is 0 Å². The molecule has 0 fully saturated rings. The Morgan fingerprint density at radius 2 is 1.89 bits per heavy atom. The number of methoxy groups -OCH3 is 1. The molecule has 2 rings (SSSR count). The zero-order valence-corrected chi connectivity index (χ0v) is 19.5. The number of unbranched alkanes of at least 4 members (excludes halogenated alkanes) is 1. The number of aryl methyl sites for hydroxylation is 1. The van der Waals surface area contributed by atoms with Crippen molar-refractivity contribution in [1.29, 1.82) is 0 Å². The molecular formula is C21H35IN4O2. The summed E-state index contributed by atoms with van der Waals surface area (Å²) in [6, 6.07) is 10.7. The van der Waals surface area contributed by atoms with E-state index in [-0.39, 0.29) is 24.0 Å². The van der Waals surface area contributed by atoms with Crippen LogP contribution in [0.5, 0.6) is 0 Å². The number of hydrogen-bond acceptors (Lipinski definition) is 3. The van der Waals surface area contributed by atoms with E-state index >= 15 is 0 Å². The van der Waals surface area contributed by atoms with Crippen molar-refractivity contribution in [2.75, 3.05) is 46.6 Å². The fourth-order valence-electron chi connectivity index (χ4n) is 2.89. The van der Waals surface area contributed by atoms with Crippen LogP contribution in [0.2, 0.25) is 0 Å². The van der Waals surface area contributed by atoms with Gasteiger partial charge in [-0.2, -0.15) is 0 Å². The van der Waals surface area contributed by atoms with Gasteiger partial charge < -0.3 is 24.7 Å². The van der Waals surface area contributed by atoms with E-state index in [1.165, 1.54) is 10.9 Å². The predicted octanol–water partition coefficient (Wildman–Crippen LogP) is 3.65. The maximum Gasteiger partial charge on any atom is 0.191 e. The predicted molar refractivity (Wildman–Crippen MR) is 128 cm³/mol. The van der Waals surface area contributed by atoms with Crippen LogP contribution in [-0.2, 0) is 16.0 Å². The van der Waals surface area contributed by atoms with Crippen LogP contribution in [-0.4, -0.2) is 57.1 Å². The van der Waals surface area contributed by atoms with Gasteiger partial charge >= 0.3 is 0 Å². The molecule has 2 aromatic rings. The fourth-order valence-corrected chi connectivity index (χ4v) is 2.89. The van der Waals surface area contributed by atoms with E-state index in [1.54, 1.807) is 7.11 Å². The highest BCUT2D eigenvalue weighted by atomic mass is 127. The van der Waals surface area contributed by atoms with Gasteiger partial charge in [0, 0.05) is 51.6 Å². The van der Waals surface area contributed by atoms with Crippen LogP contribution in [0.4, 0.5) is 0 Å². The number of nitrogens with one attached hydrogen (secondary N) is 2. The Kier molecular flexibility index (Phi) is 13.8. The summed E-state index contributed by atoms with van der Waals surface area (Å²) in [5, 5.41) is 8.00. The lowest BCUT2D eigenvalue weighted by molar-refractivity contribution is 0.0689. The third kappa shape index (κ3) is 9.25. The van der Waals surface area contributed by atoms with Gasteiger partial charge in [-0.05, 0) is 43.7 Å². The monoisotopic (exact) mass is 502 g/mol. The van der Waals surface area contributed by atoms with Gasteiger partial charge in [-0.25, -0.2) is 0 Å². The van der Waals surface area contributed by atoms with Crippen molar-refractivity contribution in [3.8, 4) is 0 Å². The van der Waals surface area contributed by atoms with Gasteiger partial charge in [0.25, 0.3) is 0 Å². The van der Waals surface area contributed by atoms with Crippen molar-refractivity contribution >= 4 is 40.8 Å². The first-order valence-corrected chi connectivity index (χ1v) is 9.98. The number of guanidine groups is 1. The Morgan fingerprint density at radius 3 is 2.71 bits per heavy atom. The number of para-hydroxylation sites is 1. The minimum atomic E-state index is 0. The Labute approximate surface area is 186 Å². The lowest BCUT2D eigenvalue weighted by Crippen LogP contribution is -2.38. The van der Waals surface area contributed by atoms with Crippen molar-refractivity contribution in [3.63, 3.8) is 0 Å². The maximum absolute atomic E-state index is 5.47. The third-order valence-electron chi connectivity index (χ3n) is 4.29. The molecule has 0 aliphatic rings. The van der Waals surface area contributed by atoms with Gasteiger partial charge in [-0.1, -0.05) is 18.2 Å². The first-order chi connectivity index (χ1) is 13.3. The molecule has 0 bridgehead atoms. The first kappa shape index (κ1) is 24.7. The molecule has 158 valence electrons. The van der Waals surface area contributed by atoms with Crippen LogP contribution < -0.4 is 10.6 Å². The summed E-state index contributed by atoms with van der Waals surface area (Å²) in [5.74, 6) is 0.898. The van der Waals surface area contributed by atoms with Crippen molar-refractivity contribution in [1.82, 2.24) is 15.2 Å². The van der Waals surface area contributed by atoms with Crippen LogP contribution in [0.15, 0.2) is 41.5 Å². The normalized spacial score (nSPS) is 11.4. The molecule has 0 aliphatic carbocycles. The standard InChI is InChI=1S/C21H34N4O2.HI/c1-3-22-21(23-12-6-7-16-27-18-17-26-2)24-13-8-14-25-15-11-19-9-4-5-10-20(19)25;/h4-5,9-11,15H,3,6-8,12-14,16-18H2,1-2H3,(H2,22,23,24);1H. The number of aliphatic imine (C=N–C) groups is 1. The number of benzene rings is 1. The van der Waals surface area contributed by atoms with E-state index in [2.05, 4.69) is 63.6 Å². The Morgan fingerprint density at radius 1 is 1.04 bits per heavy atom. The molecule has 0 aliphatic heterocycles. The molecule has 1 aromatic heterocycles. The Balaban J connectivity index is 0.00000392. The number of halogens is 1. The van der Waals surface area contributed by atoms with Crippen LogP contribution in [0.25, 0.3) is 10.9 Å². The SMILES string of the molecule is CCNC(=NCCCn1ccc2ccccc21)NCCCCOCCOC.I. The molecule has 0 atom stereocenters. The third-order valence-corrected chi connectivity index (χ3v) is 4.29. The molecule has 7 heteroatoms. The van der Waals surface area contributed by atoms with Gasteiger partial charge in [-0.15, -0.1) is 24.0 Å². The molecule has 0 unspecified atom stereocenters. The molecule has 28 heavy (non-hydrogen) atoms. The van der Waals surface area contributed by atoms with E-state index in [0.717, 1.165) is 58.0 Å². The maximum atomic E-state index is 5.47. The van der Waals surface area contributed by atoms with E-state index < -0.39 is 0 Å². The lowest BCUT2D eigenvalue weighted by atomic mass is 10.2. The number of fused-ring (bicyclic) bond motifs is 1. The summed E-state index contributed by atoms with van der Waals surface area (Å²) in [7, 11) is 1.69. The number of ether oxygens (including phenoxy) is 2. The molecule has 6 nitrogen and oxygen atoms in total. The minimum absolute atomic E-state index is 0. The second kappa shape index (κ2) is 15.6. The molecule has 0 saturated carbocycles. The molecular weight excluding hydrogens is 467 g/mol. The molecule has 2 N–H and O–H groups in total. The average Bonchev–Trinajstić information content (AvgIpc) is 3.10. The van der Waals surface area contributed by atoms with E-state index in [0.29, 0.717) is 13.2 Å². The molecule has 0 spiro atoms. The highest BCUT2D eigenvalue weighted by Crippen LogP contribution is 2.15. The van der Waals surface area contributed by atoms with E-state index in [4.69, 9.17) is 9.47 Å². The number of rotatable bonds is 13. The molecule has 1 aromatic carbocycles. The van der Waals surface area contributed by atoms with Gasteiger partial charge in [-0.3, -0.25) is 4.99 Å². The number of hydrogen-bond donors (Lipinski definition) is 2. The van der Waals surface area contributed by atoms with Gasteiger partial charge in [0.15, 0.2) is 5.96 Å². The zero-order chi connectivity index (χ0) is 19.2. The second-order valence-corrected chi connectivity index (χ2v) is 6.42. The zero-order valence-electron chi connectivity index (χ0n) is 17.2. The van der Waals surface area contributed by atoms with Crippen LogP contribution in [0, 0.1) is 0 Å². The first-order valence-electron chi connectivity index (χ1n) is 9.98. The van der Waals surface area contributed by atoms with Gasteiger partial charge in [0.2, 0.25) is 0 Å². The highest BCUT2D eigenvalue weighted by Gasteiger charge is 2.00. The second-order valence-electron chi connectivity index (χ2n) is 6.42. The Bertz CT molecular complexity index is 675. The van der Waals surface area contributed by atoms with Crippen molar-refractivity contribution in [2.24, 2.45) is 4.99 Å².